The number of ketones is 1. The van der Waals surface area contributed by atoms with Gasteiger partial charge in [-0.3, -0.25) is 14.8 Å². The largest absolute Gasteiger partial charge is 0.287 e. The van der Waals surface area contributed by atoms with E-state index in [1.807, 2.05) is 0 Å². The van der Waals surface area contributed by atoms with Gasteiger partial charge in [0, 0.05) is 31.2 Å². The Bertz CT molecular complexity index is 1230. The molecule has 2 aromatic heterocycles. The van der Waals surface area contributed by atoms with E-state index < -0.39 is 28.9 Å². The van der Waals surface area contributed by atoms with Crippen LogP contribution in [0.5, 0.6) is 0 Å². The Morgan fingerprint density at radius 3 is 2.33 bits per heavy atom. The average Bonchev–Trinajstić information content (AvgIpc) is 3.06. The molecule has 152 valence electrons. The molecular weight excluding hydrogens is 395 g/mol. The lowest BCUT2D eigenvalue weighted by molar-refractivity contribution is 0.103. The lowest BCUT2D eigenvalue weighted by Crippen LogP contribution is -2.21. The standard InChI is InChI=1S/C21H16F3N5O/c1-28(2)27-21-25-11-13-10-17(19(30)12-6-8-14(22)9-7-12)29(20(13)26-21)18-15(23)4-3-5-16(18)24/h3-11H,1-2H3,(H,25,26,27). The quantitative estimate of drug-likeness (QED) is 0.398. The van der Waals surface area contributed by atoms with Crippen molar-refractivity contribution >= 4 is 22.8 Å². The van der Waals surface area contributed by atoms with Crippen molar-refractivity contribution in [2.75, 3.05) is 19.5 Å². The van der Waals surface area contributed by atoms with E-state index in [1.54, 1.807) is 19.1 Å². The molecule has 0 radical (unpaired) electrons. The number of benzene rings is 2. The number of carbonyl (C=O) groups excluding carboxylic acids is 1. The number of halogens is 3. The maximum absolute atomic E-state index is 14.7. The Labute approximate surface area is 169 Å². The molecule has 0 spiro atoms. The normalized spacial score (nSPS) is 11.3. The van der Waals surface area contributed by atoms with Crippen LogP contribution in [0.4, 0.5) is 19.1 Å². The van der Waals surface area contributed by atoms with E-state index in [1.165, 1.54) is 30.5 Å². The summed E-state index contributed by atoms with van der Waals surface area (Å²) in [6, 6.07) is 9.77. The first-order chi connectivity index (χ1) is 14.3. The van der Waals surface area contributed by atoms with E-state index in [0.29, 0.717) is 5.39 Å². The van der Waals surface area contributed by atoms with E-state index in [9.17, 15) is 18.0 Å². The van der Waals surface area contributed by atoms with Gasteiger partial charge in [-0.1, -0.05) is 6.07 Å². The van der Waals surface area contributed by atoms with Gasteiger partial charge in [-0.25, -0.2) is 23.2 Å². The van der Waals surface area contributed by atoms with Gasteiger partial charge in [0.1, 0.15) is 23.1 Å². The monoisotopic (exact) mass is 411 g/mol. The van der Waals surface area contributed by atoms with E-state index >= 15 is 0 Å². The maximum atomic E-state index is 14.7. The van der Waals surface area contributed by atoms with Crippen molar-refractivity contribution in [3.8, 4) is 5.69 Å². The van der Waals surface area contributed by atoms with Crippen molar-refractivity contribution < 1.29 is 18.0 Å². The predicted octanol–water partition coefficient (Wildman–Crippen LogP) is 3.96. The molecule has 1 N–H and O–H groups in total. The number of nitrogens with zero attached hydrogens (tertiary/aromatic N) is 4. The van der Waals surface area contributed by atoms with E-state index in [-0.39, 0.29) is 22.9 Å². The summed E-state index contributed by atoms with van der Waals surface area (Å²) in [6.07, 6.45) is 1.45. The number of fused-ring (bicyclic) bond motifs is 1. The van der Waals surface area contributed by atoms with Gasteiger partial charge in [0.25, 0.3) is 0 Å². The molecule has 2 aromatic carbocycles. The Morgan fingerprint density at radius 2 is 1.70 bits per heavy atom. The van der Waals surface area contributed by atoms with Crippen LogP contribution in [-0.4, -0.2) is 39.4 Å². The van der Waals surface area contributed by atoms with Gasteiger partial charge in [0.2, 0.25) is 11.7 Å². The average molecular weight is 411 g/mol. The minimum Gasteiger partial charge on any atom is -0.287 e. The van der Waals surface area contributed by atoms with Gasteiger partial charge >= 0.3 is 0 Å². The number of aromatic nitrogens is 3. The summed E-state index contributed by atoms with van der Waals surface area (Å²) < 4.78 is 43.7. The second-order valence-electron chi connectivity index (χ2n) is 6.75. The first kappa shape index (κ1) is 19.6. The number of hydrogen-bond acceptors (Lipinski definition) is 5. The van der Waals surface area contributed by atoms with Crippen LogP contribution in [0.15, 0.2) is 54.7 Å². The lowest BCUT2D eigenvalue weighted by atomic mass is 10.1. The van der Waals surface area contributed by atoms with Crippen LogP contribution >= 0.6 is 0 Å². The highest BCUT2D eigenvalue weighted by Crippen LogP contribution is 2.28. The molecule has 4 aromatic rings. The topological polar surface area (TPSA) is 63.1 Å². The van der Waals surface area contributed by atoms with Crippen LogP contribution < -0.4 is 5.43 Å². The minimum absolute atomic E-state index is 0.0306. The predicted molar refractivity (Wildman–Crippen MR) is 106 cm³/mol. The second-order valence-corrected chi connectivity index (χ2v) is 6.75. The third-order valence-corrected chi connectivity index (χ3v) is 4.36. The SMILES string of the molecule is CN(C)Nc1ncc2cc(C(=O)c3ccc(F)cc3)n(-c3c(F)cccc3F)c2n1. The summed E-state index contributed by atoms with van der Waals surface area (Å²) in [5, 5.41) is 2.01. The van der Waals surface area contributed by atoms with Gasteiger partial charge in [-0.2, -0.15) is 4.98 Å². The van der Waals surface area contributed by atoms with Crippen molar-refractivity contribution in [2.45, 2.75) is 0 Å². The van der Waals surface area contributed by atoms with Crippen molar-refractivity contribution in [3.63, 3.8) is 0 Å². The summed E-state index contributed by atoms with van der Waals surface area (Å²) >= 11 is 0. The first-order valence-electron chi connectivity index (χ1n) is 8.92. The fourth-order valence-corrected chi connectivity index (χ4v) is 3.09. The summed E-state index contributed by atoms with van der Waals surface area (Å²) in [5.74, 6) is -2.58. The number of hydrogen-bond donors (Lipinski definition) is 1. The van der Waals surface area contributed by atoms with Gasteiger partial charge in [-0.15, -0.1) is 0 Å². The maximum Gasteiger partial charge on any atom is 0.239 e. The van der Waals surface area contributed by atoms with Crippen molar-refractivity contribution in [3.05, 3.63) is 83.4 Å². The summed E-state index contributed by atoms with van der Waals surface area (Å²) in [4.78, 5) is 21.6. The molecule has 0 saturated heterocycles. The van der Waals surface area contributed by atoms with Crippen LogP contribution in [0.2, 0.25) is 0 Å². The molecule has 0 aliphatic carbocycles. The smallest absolute Gasteiger partial charge is 0.239 e. The first-order valence-corrected chi connectivity index (χ1v) is 8.92. The van der Waals surface area contributed by atoms with E-state index in [0.717, 1.165) is 28.8 Å². The summed E-state index contributed by atoms with van der Waals surface area (Å²) in [6.45, 7) is 0. The van der Waals surface area contributed by atoms with Crippen molar-refractivity contribution in [2.24, 2.45) is 0 Å². The zero-order valence-electron chi connectivity index (χ0n) is 16.0. The molecule has 0 unspecified atom stereocenters. The number of rotatable bonds is 5. The Hall–Kier alpha value is -3.72. The Kier molecular flexibility index (Phi) is 4.96. The van der Waals surface area contributed by atoms with Crippen LogP contribution in [-0.2, 0) is 0 Å². The number of hydrazine groups is 1. The van der Waals surface area contributed by atoms with Gasteiger partial charge in [-0.05, 0) is 42.5 Å². The highest BCUT2D eigenvalue weighted by Gasteiger charge is 2.24. The second kappa shape index (κ2) is 7.60. The van der Waals surface area contributed by atoms with Crippen molar-refractivity contribution in [1.29, 1.82) is 0 Å². The molecule has 0 amide bonds. The number of carbonyl (C=O) groups is 1. The Morgan fingerprint density at radius 1 is 1.03 bits per heavy atom. The molecule has 0 aliphatic heterocycles. The molecule has 0 fully saturated rings. The summed E-state index contributed by atoms with van der Waals surface area (Å²) in [5.41, 5.74) is 2.70. The lowest BCUT2D eigenvalue weighted by Gasteiger charge is -2.14. The van der Waals surface area contributed by atoms with Crippen LogP contribution in [0.3, 0.4) is 0 Å². The zero-order valence-corrected chi connectivity index (χ0v) is 16.0. The molecular formula is C21H16F3N5O. The third-order valence-electron chi connectivity index (χ3n) is 4.36. The Balaban J connectivity index is 2.00. The molecule has 30 heavy (non-hydrogen) atoms. The van der Waals surface area contributed by atoms with Crippen LogP contribution in [0.25, 0.3) is 16.7 Å². The fraction of sp³-hybridized carbons (Fsp3) is 0.0952. The molecule has 0 aliphatic rings. The van der Waals surface area contributed by atoms with Gasteiger partial charge in [0.15, 0.2) is 5.65 Å². The molecule has 0 bridgehead atoms. The zero-order chi connectivity index (χ0) is 21.4. The van der Waals surface area contributed by atoms with Crippen LogP contribution in [0.1, 0.15) is 16.1 Å². The number of nitrogens with one attached hydrogen (secondary N) is 1. The van der Waals surface area contributed by atoms with Gasteiger partial charge in [0.05, 0.1) is 5.69 Å². The highest BCUT2D eigenvalue weighted by molar-refractivity contribution is 6.10. The molecule has 6 nitrogen and oxygen atoms in total. The summed E-state index contributed by atoms with van der Waals surface area (Å²) in [7, 11) is 3.46. The fourth-order valence-electron chi connectivity index (χ4n) is 3.09. The molecule has 2 heterocycles. The molecule has 9 heteroatoms. The molecule has 4 rings (SSSR count). The number of anilines is 1. The molecule has 0 saturated carbocycles. The van der Waals surface area contributed by atoms with Gasteiger partial charge < -0.3 is 0 Å². The van der Waals surface area contributed by atoms with E-state index in [2.05, 4.69) is 15.4 Å². The van der Waals surface area contributed by atoms with Crippen LogP contribution in [0, 0.1) is 17.5 Å². The minimum atomic E-state index is -0.860. The highest BCUT2D eigenvalue weighted by atomic mass is 19.1. The van der Waals surface area contributed by atoms with Crippen molar-refractivity contribution in [1.82, 2.24) is 19.5 Å². The third kappa shape index (κ3) is 3.50. The number of para-hydroxylation sites is 1. The van der Waals surface area contributed by atoms with E-state index in [4.69, 9.17) is 0 Å². The molecule has 0 atom stereocenters.